The highest BCUT2D eigenvalue weighted by atomic mass is 32.2. The van der Waals surface area contributed by atoms with Crippen molar-refractivity contribution in [1.29, 1.82) is 0 Å². The number of nitrogens with two attached hydrogens (primary N) is 1. The lowest BCUT2D eigenvalue weighted by atomic mass is 9.83. The van der Waals surface area contributed by atoms with E-state index in [1.54, 1.807) is 20.4 Å². The molecule has 0 radical (unpaired) electrons. The topological polar surface area (TPSA) is 257 Å². The van der Waals surface area contributed by atoms with Crippen molar-refractivity contribution in [3.05, 3.63) is 0 Å². The van der Waals surface area contributed by atoms with E-state index in [-0.39, 0.29) is 80.2 Å². The summed E-state index contributed by atoms with van der Waals surface area (Å²) in [7, 11) is -1.13. The number of phosphoric acid groups is 1. The van der Waals surface area contributed by atoms with E-state index in [4.69, 9.17) is 20.1 Å². The van der Waals surface area contributed by atoms with Crippen LogP contribution in [0.1, 0.15) is 59.3 Å². The third kappa shape index (κ3) is 13.4. The summed E-state index contributed by atoms with van der Waals surface area (Å²) in [5, 5.41) is 17.3. The summed E-state index contributed by atoms with van der Waals surface area (Å²) in [6.07, 6.45) is 3.08. The van der Waals surface area contributed by atoms with Gasteiger partial charge in [-0.3, -0.25) is 52.4 Å². The van der Waals surface area contributed by atoms with Crippen LogP contribution in [0.3, 0.4) is 0 Å². The van der Waals surface area contributed by atoms with Gasteiger partial charge in [0.1, 0.15) is 37.1 Å². The number of thioether (sulfide) groups is 2. The van der Waals surface area contributed by atoms with E-state index in [1.807, 2.05) is 0 Å². The van der Waals surface area contributed by atoms with E-state index in [1.165, 1.54) is 37.4 Å². The Morgan fingerprint density at radius 2 is 1.44 bits per heavy atom. The molecule has 2 fully saturated rings. The fraction of sp³-hybridized carbons (Fsp3) is 0.774. The second kappa shape index (κ2) is 19.1. The van der Waals surface area contributed by atoms with Gasteiger partial charge in [0, 0.05) is 25.9 Å². The summed E-state index contributed by atoms with van der Waals surface area (Å²) in [6, 6.07) is -1.51. The Bertz CT molecular complexity index is 1410. The lowest BCUT2D eigenvalue weighted by Gasteiger charge is -2.35. The van der Waals surface area contributed by atoms with Gasteiger partial charge in [-0.2, -0.15) is 11.8 Å². The number of carbonyl (C=O) groups is 7. The monoisotopic (exact) mass is 799 g/mol. The van der Waals surface area contributed by atoms with Crippen molar-refractivity contribution in [2.75, 3.05) is 66.4 Å². The molecule has 0 saturated carbocycles. The molecule has 0 aliphatic carbocycles. The molecule has 2 rings (SSSR count). The van der Waals surface area contributed by atoms with Crippen molar-refractivity contribution in [2.45, 2.75) is 80.6 Å². The minimum atomic E-state index is -4.58. The number of aliphatic carboxylic acids is 2. The zero-order chi connectivity index (χ0) is 39.7. The number of amides is 4. The third-order valence-electron chi connectivity index (χ3n) is 8.76. The van der Waals surface area contributed by atoms with Gasteiger partial charge in [-0.05, 0) is 52.7 Å². The number of phosphoric ester groups is 1. The summed E-state index contributed by atoms with van der Waals surface area (Å²) < 4.78 is 25.7. The van der Waals surface area contributed by atoms with E-state index in [2.05, 4.69) is 4.52 Å². The van der Waals surface area contributed by atoms with Crippen LogP contribution in [0.4, 0.5) is 0 Å². The first-order valence-corrected chi connectivity index (χ1v) is 20.3. The van der Waals surface area contributed by atoms with E-state index in [9.17, 15) is 48.1 Å². The van der Waals surface area contributed by atoms with Crippen LogP contribution < -0.4 is 5.73 Å². The Kier molecular flexibility index (Phi) is 16.8. The fourth-order valence-corrected chi connectivity index (χ4v) is 8.55. The maximum absolute atomic E-state index is 13.6. The van der Waals surface area contributed by atoms with Crippen LogP contribution in [-0.2, 0) is 51.9 Å². The van der Waals surface area contributed by atoms with Gasteiger partial charge < -0.3 is 30.1 Å². The van der Waals surface area contributed by atoms with Gasteiger partial charge in [0.25, 0.3) is 0 Å². The average molecular weight is 800 g/mol. The molecule has 296 valence electrons. The molecule has 0 spiro atoms. The molecule has 2 saturated heterocycles. The molecule has 4 amide bonds. The van der Waals surface area contributed by atoms with Gasteiger partial charge in [0.2, 0.25) is 23.6 Å². The van der Waals surface area contributed by atoms with Crippen molar-refractivity contribution in [3.8, 4) is 0 Å². The number of carboxylic acids is 2. The Hall–Kier alpha value is -2.58. The molecular weight excluding hydrogens is 747 g/mol. The molecule has 2 heterocycles. The first-order chi connectivity index (χ1) is 23.9. The number of hydrogen-bond donors (Lipinski definition) is 4. The molecule has 2 aliphatic heterocycles. The Morgan fingerprint density at radius 3 is 1.94 bits per heavy atom. The molecule has 18 nitrogen and oxygen atoms in total. The second-order valence-electron chi connectivity index (χ2n) is 14.2. The molecule has 2 aliphatic rings. The van der Waals surface area contributed by atoms with Gasteiger partial charge in [-0.25, -0.2) is 4.57 Å². The number of imide groups is 2. The first-order valence-electron chi connectivity index (χ1n) is 16.7. The number of nitrogens with zero attached hydrogens (tertiary/aromatic N) is 3. The first kappa shape index (κ1) is 45.6. The Morgan fingerprint density at radius 1 is 0.923 bits per heavy atom. The third-order valence-corrected chi connectivity index (χ3v) is 12.2. The highest BCUT2D eigenvalue weighted by molar-refractivity contribution is 8.02. The molecule has 52 heavy (non-hydrogen) atoms. The number of likely N-dealkylation sites (tertiary alicyclic amines) is 2. The molecule has 0 bridgehead atoms. The normalized spacial score (nSPS) is 21.3. The van der Waals surface area contributed by atoms with Crippen LogP contribution in [0.5, 0.6) is 0 Å². The minimum Gasteiger partial charge on any atom is -0.481 e. The minimum absolute atomic E-state index is 0.121. The molecule has 5 unspecified atom stereocenters. The van der Waals surface area contributed by atoms with Crippen LogP contribution in [0.25, 0.3) is 0 Å². The molecule has 21 heteroatoms. The van der Waals surface area contributed by atoms with Gasteiger partial charge in [-0.1, -0.05) is 0 Å². The van der Waals surface area contributed by atoms with E-state index >= 15 is 0 Å². The van der Waals surface area contributed by atoms with Gasteiger partial charge >= 0.3 is 25.7 Å². The van der Waals surface area contributed by atoms with Crippen LogP contribution >= 0.6 is 31.3 Å². The van der Waals surface area contributed by atoms with E-state index < -0.39 is 65.6 Å². The van der Waals surface area contributed by atoms with Crippen LogP contribution in [0.2, 0.25) is 0 Å². The Balaban J connectivity index is 1.96. The smallest absolute Gasteiger partial charge is 0.472 e. The molecular formula is C31H52N4O14PS2+. The molecule has 5 atom stereocenters. The molecule has 5 N–H and O–H groups in total. The number of unbranched alkanes of at least 4 members (excludes halogenated alkanes) is 2. The zero-order valence-corrected chi connectivity index (χ0v) is 33.0. The quantitative estimate of drug-likeness (QED) is 0.0348. The predicted octanol–water partition coefficient (Wildman–Crippen LogP) is 0.933. The zero-order valence-electron chi connectivity index (χ0n) is 30.4. The largest absolute Gasteiger partial charge is 0.481 e. The lowest BCUT2D eigenvalue weighted by molar-refractivity contribution is -0.890. The van der Waals surface area contributed by atoms with Crippen molar-refractivity contribution < 1.29 is 71.5 Å². The number of carbonyl (C=O) groups excluding carboxylic acids is 5. The second-order valence-corrected chi connectivity index (χ2v) is 18.4. The van der Waals surface area contributed by atoms with Crippen molar-refractivity contribution >= 4 is 72.9 Å². The van der Waals surface area contributed by atoms with Gasteiger partial charge in [0.15, 0.2) is 0 Å². The molecule has 0 aromatic rings. The predicted molar refractivity (Wildman–Crippen MR) is 190 cm³/mol. The number of likely N-dealkylation sites (N-methyl/N-ethyl adjacent to an activating group) is 1. The van der Waals surface area contributed by atoms with Crippen molar-refractivity contribution in [2.24, 2.45) is 11.1 Å². The number of rotatable bonds is 24. The summed E-state index contributed by atoms with van der Waals surface area (Å²) in [4.78, 5) is 99.3. The standard InChI is InChI=1S/C31H51N4O14PS2/c1-30(2,28(42)43)19-31(3,29(44)47-14-12-35(4,5)13-15-48-50(45,46)49-18-20(32)27(40)41)52-22-17-24(37)34(26(22)39)11-9-7-8-10-33-23(36)16-21(51-6)25(33)38/h20-22H,7-19,32H2,1-6H3,(H2-,40,41,42,43,45,46)/p+1. The number of carboxylic acid groups (broad SMARTS) is 2. The average Bonchev–Trinajstić information content (AvgIpc) is 3.46. The van der Waals surface area contributed by atoms with Gasteiger partial charge in [0.05, 0.1) is 36.6 Å². The van der Waals surface area contributed by atoms with Crippen LogP contribution in [0.15, 0.2) is 0 Å². The maximum atomic E-state index is 13.6. The Labute approximate surface area is 311 Å². The highest BCUT2D eigenvalue weighted by Gasteiger charge is 2.50. The van der Waals surface area contributed by atoms with Crippen molar-refractivity contribution in [3.63, 3.8) is 0 Å². The molecule has 0 aromatic carbocycles. The van der Waals surface area contributed by atoms with Crippen LogP contribution in [-0.4, -0.2) is 159 Å². The molecule has 0 aromatic heterocycles. The SMILES string of the molecule is CSC1CC(=O)N(CCCCCN2C(=O)CC(SC(C)(CC(C)(C)C(=O)O)C(=O)OCC[N+](C)(C)CCOP(=O)(O)OCC(N)C(=O)O)C2=O)C1=O. The number of quaternary nitrogens is 1. The maximum Gasteiger partial charge on any atom is 0.472 e. The number of hydrogen-bond acceptors (Lipinski definition) is 14. The van der Waals surface area contributed by atoms with Gasteiger partial charge in [-0.15, -0.1) is 11.8 Å². The van der Waals surface area contributed by atoms with Crippen LogP contribution in [0, 0.1) is 5.41 Å². The van der Waals surface area contributed by atoms with Crippen molar-refractivity contribution in [1.82, 2.24) is 9.80 Å². The summed E-state index contributed by atoms with van der Waals surface area (Å²) >= 11 is 2.23. The van der Waals surface area contributed by atoms with E-state index in [0.717, 1.165) is 16.7 Å². The summed E-state index contributed by atoms with van der Waals surface area (Å²) in [5.41, 5.74) is 3.86. The summed E-state index contributed by atoms with van der Waals surface area (Å²) in [6.45, 7) is 3.95. The summed E-state index contributed by atoms with van der Waals surface area (Å²) in [5.74, 6) is -4.70. The lowest BCUT2D eigenvalue weighted by Crippen LogP contribution is -2.47. The number of esters is 1. The fourth-order valence-electron chi connectivity index (χ4n) is 5.50. The van der Waals surface area contributed by atoms with E-state index in [0.29, 0.717) is 19.3 Å². The highest BCUT2D eigenvalue weighted by Crippen LogP contribution is 2.44. The number of ether oxygens (including phenoxy) is 1.